The van der Waals surface area contributed by atoms with Crippen molar-refractivity contribution in [3.63, 3.8) is 0 Å². The van der Waals surface area contributed by atoms with Crippen molar-refractivity contribution >= 4 is 21.6 Å². The number of benzene rings is 1. The fourth-order valence-electron chi connectivity index (χ4n) is 1.13. The summed E-state index contributed by atoms with van der Waals surface area (Å²) in [5.74, 6) is 0.285. The number of methoxy groups -OCH3 is 1. The average molecular weight is 250 g/mol. The Morgan fingerprint density at radius 1 is 1.47 bits per heavy atom. The second-order valence-electron chi connectivity index (χ2n) is 2.88. The van der Waals surface area contributed by atoms with Gasteiger partial charge in [-0.1, -0.05) is 17.7 Å². The first kappa shape index (κ1) is 12.3. The summed E-state index contributed by atoms with van der Waals surface area (Å²) in [6.07, 6.45) is 0. The number of halogens is 1. The van der Waals surface area contributed by atoms with Crippen molar-refractivity contribution in [1.29, 1.82) is 0 Å². The lowest BCUT2D eigenvalue weighted by atomic mass is 10.2. The van der Waals surface area contributed by atoms with Crippen LogP contribution in [0.2, 0.25) is 5.02 Å². The molecule has 1 aromatic rings. The second kappa shape index (κ2) is 4.83. The summed E-state index contributed by atoms with van der Waals surface area (Å²) >= 11 is 5.90. The minimum absolute atomic E-state index is 0.188. The van der Waals surface area contributed by atoms with Crippen LogP contribution in [0, 0.1) is 0 Å². The van der Waals surface area contributed by atoms with E-state index in [2.05, 4.69) is 4.72 Å². The number of hydrogen-bond acceptors (Lipinski definition) is 3. The van der Waals surface area contributed by atoms with Gasteiger partial charge < -0.3 is 4.74 Å². The lowest BCUT2D eigenvalue weighted by Gasteiger charge is -2.10. The number of ether oxygens (including phenoxy) is 1. The lowest BCUT2D eigenvalue weighted by Crippen LogP contribution is -2.20. The van der Waals surface area contributed by atoms with E-state index in [1.54, 1.807) is 18.2 Å². The third kappa shape index (κ3) is 3.09. The summed E-state index contributed by atoms with van der Waals surface area (Å²) in [6.45, 7) is 0. The van der Waals surface area contributed by atoms with E-state index in [0.717, 1.165) is 0 Å². The Morgan fingerprint density at radius 3 is 2.67 bits per heavy atom. The van der Waals surface area contributed by atoms with Crippen LogP contribution in [-0.2, 0) is 15.8 Å². The van der Waals surface area contributed by atoms with Crippen molar-refractivity contribution in [3.8, 4) is 5.75 Å². The summed E-state index contributed by atoms with van der Waals surface area (Å²) < 4.78 is 30.0. The molecule has 0 radical (unpaired) electrons. The molecule has 1 rings (SSSR count). The van der Waals surface area contributed by atoms with Gasteiger partial charge in [-0.25, -0.2) is 13.1 Å². The van der Waals surface area contributed by atoms with Crippen molar-refractivity contribution in [3.05, 3.63) is 28.8 Å². The van der Waals surface area contributed by atoms with Gasteiger partial charge >= 0.3 is 0 Å². The predicted molar refractivity (Wildman–Crippen MR) is 59.7 cm³/mol. The maximum absolute atomic E-state index is 11.4. The van der Waals surface area contributed by atoms with Gasteiger partial charge in [-0.05, 0) is 19.2 Å². The molecule has 4 nitrogen and oxygen atoms in total. The van der Waals surface area contributed by atoms with Crippen molar-refractivity contribution in [2.24, 2.45) is 0 Å². The van der Waals surface area contributed by atoms with Crippen LogP contribution in [0.3, 0.4) is 0 Å². The van der Waals surface area contributed by atoms with Crippen molar-refractivity contribution in [2.45, 2.75) is 5.75 Å². The highest BCUT2D eigenvalue weighted by Crippen LogP contribution is 2.27. The zero-order valence-electron chi connectivity index (χ0n) is 8.45. The van der Waals surface area contributed by atoms with E-state index in [-0.39, 0.29) is 5.75 Å². The van der Waals surface area contributed by atoms with E-state index in [1.165, 1.54) is 14.2 Å². The zero-order valence-corrected chi connectivity index (χ0v) is 10.0. The maximum atomic E-state index is 11.4. The van der Waals surface area contributed by atoms with Gasteiger partial charge in [0.05, 0.1) is 12.9 Å². The predicted octanol–water partition coefficient (Wildman–Crippen LogP) is 1.40. The van der Waals surface area contributed by atoms with Crippen LogP contribution in [0.15, 0.2) is 18.2 Å². The van der Waals surface area contributed by atoms with Crippen LogP contribution in [0.1, 0.15) is 5.56 Å². The molecule has 0 spiro atoms. The normalized spacial score (nSPS) is 11.4. The molecule has 15 heavy (non-hydrogen) atoms. The fraction of sp³-hybridized carbons (Fsp3) is 0.333. The summed E-state index contributed by atoms with van der Waals surface area (Å²) in [6, 6.07) is 5.01. The summed E-state index contributed by atoms with van der Waals surface area (Å²) in [7, 11) is -0.509. The Hall–Kier alpha value is -0.780. The van der Waals surface area contributed by atoms with E-state index in [9.17, 15) is 8.42 Å². The van der Waals surface area contributed by atoms with Gasteiger partial charge in [0.15, 0.2) is 0 Å². The number of rotatable bonds is 4. The van der Waals surface area contributed by atoms with Gasteiger partial charge in [0.25, 0.3) is 0 Å². The first-order valence-corrected chi connectivity index (χ1v) is 6.26. The molecule has 0 fully saturated rings. The third-order valence-electron chi connectivity index (χ3n) is 1.94. The quantitative estimate of drug-likeness (QED) is 0.878. The summed E-state index contributed by atoms with van der Waals surface area (Å²) in [5.41, 5.74) is 0.469. The highest BCUT2D eigenvalue weighted by Gasteiger charge is 2.15. The smallest absolute Gasteiger partial charge is 0.215 e. The minimum atomic E-state index is -3.34. The van der Waals surface area contributed by atoms with Gasteiger partial charge in [-0.15, -0.1) is 0 Å². The van der Waals surface area contributed by atoms with Crippen molar-refractivity contribution < 1.29 is 13.2 Å². The van der Waals surface area contributed by atoms with Crippen molar-refractivity contribution in [1.82, 2.24) is 4.72 Å². The highest BCUT2D eigenvalue weighted by atomic mass is 35.5. The fourth-order valence-corrected chi connectivity index (χ4v) is 2.27. The van der Waals surface area contributed by atoms with Gasteiger partial charge in [0.1, 0.15) is 5.75 Å². The first-order valence-electron chi connectivity index (χ1n) is 4.23. The molecule has 0 aromatic heterocycles. The van der Waals surface area contributed by atoms with Crippen molar-refractivity contribution in [2.75, 3.05) is 14.2 Å². The molecule has 0 saturated carbocycles. The molecule has 6 heteroatoms. The highest BCUT2D eigenvalue weighted by molar-refractivity contribution is 7.88. The maximum Gasteiger partial charge on any atom is 0.215 e. The van der Waals surface area contributed by atoms with Crippen LogP contribution in [0.5, 0.6) is 5.75 Å². The topological polar surface area (TPSA) is 55.4 Å². The van der Waals surface area contributed by atoms with Crippen LogP contribution in [0.4, 0.5) is 0 Å². The Labute approximate surface area is 94.3 Å². The first-order chi connectivity index (χ1) is 7.00. The van der Waals surface area contributed by atoms with Crippen LogP contribution >= 0.6 is 11.6 Å². The number of sulfonamides is 1. The summed E-state index contributed by atoms with van der Waals surface area (Å²) in [4.78, 5) is 0. The standard InChI is InChI=1S/C9H12ClNO3S/c1-11-15(12,13)6-7-8(10)4-3-5-9(7)14-2/h3-5,11H,6H2,1-2H3. The summed E-state index contributed by atoms with van der Waals surface area (Å²) in [5, 5.41) is 0.383. The largest absolute Gasteiger partial charge is 0.496 e. The molecule has 0 unspecified atom stereocenters. The Balaban J connectivity index is 3.14. The van der Waals surface area contributed by atoms with Gasteiger partial charge in [-0.3, -0.25) is 0 Å². The molecule has 0 saturated heterocycles. The van der Waals surface area contributed by atoms with E-state index in [1.807, 2.05) is 0 Å². The molecular weight excluding hydrogens is 238 g/mol. The van der Waals surface area contributed by atoms with Gasteiger partial charge in [0.2, 0.25) is 10.0 Å². The molecule has 0 atom stereocenters. The molecule has 0 heterocycles. The lowest BCUT2D eigenvalue weighted by molar-refractivity contribution is 0.411. The molecule has 1 N–H and O–H groups in total. The van der Waals surface area contributed by atoms with Crippen LogP contribution < -0.4 is 9.46 Å². The van der Waals surface area contributed by atoms with E-state index in [4.69, 9.17) is 16.3 Å². The van der Waals surface area contributed by atoms with Gasteiger partial charge in [-0.2, -0.15) is 0 Å². The number of hydrogen-bond donors (Lipinski definition) is 1. The van der Waals surface area contributed by atoms with E-state index >= 15 is 0 Å². The van der Waals surface area contributed by atoms with E-state index in [0.29, 0.717) is 16.3 Å². The molecule has 1 aromatic carbocycles. The second-order valence-corrected chi connectivity index (χ2v) is 5.22. The zero-order chi connectivity index (χ0) is 11.5. The van der Waals surface area contributed by atoms with Crippen LogP contribution in [0.25, 0.3) is 0 Å². The van der Waals surface area contributed by atoms with Crippen LogP contribution in [-0.4, -0.2) is 22.6 Å². The molecule has 0 bridgehead atoms. The average Bonchev–Trinajstić information content (AvgIpc) is 2.21. The number of nitrogens with one attached hydrogen (secondary N) is 1. The Kier molecular flexibility index (Phi) is 3.96. The SMILES string of the molecule is CNS(=O)(=O)Cc1c(Cl)cccc1OC. The van der Waals surface area contributed by atoms with Gasteiger partial charge in [0, 0.05) is 10.6 Å². The van der Waals surface area contributed by atoms with E-state index < -0.39 is 10.0 Å². The molecular formula is C9H12ClNO3S. The molecule has 84 valence electrons. The molecule has 0 aliphatic heterocycles. The third-order valence-corrected chi connectivity index (χ3v) is 3.59. The monoisotopic (exact) mass is 249 g/mol. The minimum Gasteiger partial charge on any atom is -0.496 e. The molecule has 0 aliphatic rings. The Morgan fingerprint density at radius 2 is 2.13 bits per heavy atom. The molecule has 0 aliphatic carbocycles. The Bertz CT molecular complexity index is 445. The molecule has 0 amide bonds.